The molecular weight excluding hydrogens is 381 g/mol. The van der Waals surface area contributed by atoms with Crippen molar-refractivity contribution in [2.75, 3.05) is 6.54 Å². The predicted molar refractivity (Wildman–Crippen MR) is 98.3 cm³/mol. The number of aromatic hydroxyl groups is 1. The molecule has 0 fully saturated rings. The van der Waals surface area contributed by atoms with E-state index in [2.05, 4.69) is 5.32 Å². The van der Waals surface area contributed by atoms with Gasteiger partial charge >= 0.3 is 6.09 Å². The summed E-state index contributed by atoms with van der Waals surface area (Å²) in [6.45, 7) is 0.231. The molecule has 0 radical (unpaired) electrons. The highest BCUT2D eigenvalue weighted by Crippen LogP contribution is 2.34. The van der Waals surface area contributed by atoms with E-state index >= 15 is 0 Å². The lowest BCUT2D eigenvalue weighted by Gasteiger charge is -2.20. The first-order valence-electron chi connectivity index (χ1n) is 7.87. The first-order valence-corrected chi connectivity index (χ1v) is 8.62. The van der Waals surface area contributed by atoms with Crippen molar-refractivity contribution in [1.29, 1.82) is 0 Å². The summed E-state index contributed by atoms with van der Waals surface area (Å²) < 4.78 is 5.04. The lowest BCUT2D eigenvalue weighted by molar-refractivity contribution is 0.0136. The average Bonchev–Trinajstić information content (AvgIpc) is 2.63. The van der Waals surface area contributed by atoms with Gasteiger partial charge in [-0.1, -0.05) is 53.5 Å². The summed E-state index contributed by atoms with van der Waals surface area (Å²) in [5.41, 5.74) is 1.05. The Kier molecular flexibility index (Phi) is 7.53. The quantitative estimate of drug-likeness (QED) is 0.571. The molecule has 0 aromatic heterocycles. The number of rotatable bonds is 7. The van der Waals surface area contributed by atoms with Crippen LogP contribution in [-0.4, -0.2) is 34.1 Å². The number of phenols is 1. The van der Waals surface area contributed by atoms with Crippen molar-refractivity contribution in [3.8, 4) is 5.75 Å². The molecule has 8 heteroatoms. The fraction of sp³-hybridized carbons (Fsp3) is 0.278. The van der Waals surface area contributed by atoms with E-state index in [4.69, 9.17) is 27.9 Å². The first kappa shape index (κ1) is 20.3. The summed E-state index contributed by atoms with van der Waals surface area (Å²) in [4.78, 5) is 11.6. The largest absolute Gasteiger partial charge is 0.506 e. The second-order valence-corrected chi connectivity index (χ2v) is 6.43. The van der Waals surface area contributed by atoms with Crippen molar-refractivity contribution >= 4 is 29.3 Å². The summed E-state index contributed by atoms with van der Waals surface area (Å²) in [6.07, 6.45) is -3.07. The van der Waals surface area contributed by atoms with Crippen molar-refractivity contribution in [3.63, 3.8) is 0 Å². The maximum absolute atomic E-state index is 11.6. The second-order valence-electron chi connectivity index (χ2n) is 5.61. The SMILES string of the molecule is O=C(NCCC(O)C(O)c1cc(Cl)c(O)cc1Cl)OCc1ccccc1. The van der Waals surface area contributed by atoms with Crippen LogP contribution in [0.25, 0.3) is 0 Å². The van der Waals surface area contributed by atoms with E-state index in [1.807, 2.05) is 30.3 Å². The number of hydrogen-bond donors (Lipinski definition) is 4. The Morgan fingerprint density at radius 1 is 1.12 bits per heavy atom. The molecule has 0 saturated carbocycles. The molecule has 0 aliphatic rings. The number of alkyl carbamates (subject to hydrolysis) is 1. The molecule has 6 nitrogen and oxygen atoms in total. The van der Waals surface area contributed by atoms with Crippen LogP contribution in [0.1, 0.15) is 23.7 Å². The Morgan fingerprint density at radius 2 is 1.81 bits per heavy atom. The van der Waals surface area contributed by atoms with Crippen LogP contribution in [0.4, 0.5) is 4.79 Å². The third-order valence-corrected chi connectivity index (χ3v) is 4.30. The van der Waals surface area contributed by atoms with Crippen molar-refractivity contribution in [2.45, 2.75) is 25.2 Å². The topological polar surface area (TPSA) is 99.0 Å². The molecule has 0 spiro atoms. The number of amides is 1. The molecule has 0 heterocycles. The molecule has 2 aromatic carbocycles. The summed E-state index contributed by atoms with van der Waals surface area (Å²) in [6, 6.07) is 11.7. The van der Waals surface area contributed by atoms with E-state index in [-0.39, 0.29) is 40.9 Å². The minimum Gasteiger partial charge on any atom is -0.506 e. The number of nitrogens with one attached hydrogen (secondary N) is 1. The first-order chi connectivity index (χ1) is 12.4. The number of carbonyl (C=O) groups is 1. The zero-order valence-electron chi connectivity index (χ0n) is 13.7. The van der Waals surface area contributed by atoms with E-state index in [9.17, 15) is 20.1 Å². The molecule has 2 rings (SSSR count). The zero-order chi connectivity index (χ0) is 19.1. The molecule has 2 unspecified atom stereocenters. The van der Waals surface area contributed by atoms with Crippen molar-refractivity contribution in [2.24, 2.45) is 0 Å². The molecule has 0 saturated heterocycles. The van der Waals surface area contributed by atoms with E-state index in [1.54, 1.807) is 0 Å². The fourth-order valence-corrected chi connectivity index (χ4v) is 2.68. The van der Waals surface area contributed by atoms with Crippen LogP contribution < -0.4 is 5.32 Å². The summed E-state index contributed by atoms with van der Waals surface area (Å²) in [7, 11) is 0. The number of halogens is 2. The van der Waals surface area contributed by atoms with E-state index < -0.39 is 18.3 Å². The van der Waals surface area contributed by atoms with E-state index in [0.29, 0.717) is 0 Å². The van der Waals surface area contributed by atoms with Gasteiger partial charge in [0.1, 0.15) is 18.5 Å². The maximum atomic E-state index is 11.6. The monoisotopic (exact) mass is 399 g/mol. The predicted octanol–water partition coefficient (Wildman–Crippen LogP) is 3.41. The van der Waals surface area contributed by atoms with Gasteiger partial charge in [-0.2, -0.15) is 0 Å². The Morgan fingerprint density at radius 3 is 2.50 bits per heavy atom. The number of ether oxygens (including phenoxy) is 1. The van der Waals surface area contributed by atoms with Crippen LogP contribution in [0, 0.1) is 0 Å². The van der Waals surface area contributed by atoms with E-state index in [0.717, 1.165) is 5.56 Å². The Bertz CT molecular complexity index is 742. The number of hydrogen-bond acceptors (Lipinski definition) is 5. The lowest BCUT2D eigenvalue weighted by Crippen LogP contribution is -2.29. The number of phenolic OH excluding ortho intramolecular Hbond substituents is 1. The molecule has 2 atom stereocenters. The minimum atomic E-state index is -1.32. The van der Waals surface area contributed by atoms with Gasteiger partial charge < -0.3 is 25.4 Å². The van der Waals surface area contributed by atoms with E-state index in [1.165, 1.54) is 12.1 Å². The van der Waals surface area contributed by atoms with Gasteiger partial charge in [0.05, 0.1) is 16.1 Å². The molecule has 2 aromatic rings. The van der Waals surface area contributed by atoms with Crippen molar-refractivity contribution in [1.82, 2.24) is 5.32 Å². The number of aliphatic hydroxyl groups excluding tert-OH is 2. The van der Waals surface area contributed by atoms with Gasteiger partial charge in [0.15, 0.2) is 0 Å². The molecule has 1 amide bonds. The third kappa shape index (κ3) is 5.78. The maximum Gasteiger partial charge on any atom is 0.407 e. The van der Waals surface area contributed by atoms with Gasteiger partial charge in [-0.05, 0) is 18.1 Å². The van der Waals surface area contributed by atoms with Gasteiger partial charge in [0.2, 0.25) is 0 Å². The highest BCUT2D eigenvalue weighted by Gasteiger charge is 2.22. The third-order valence-electron chi connectivity index (χ3n) is 3.67. The van der Waals surface area contributed by atoms with Crippen LogP contribution in [0.5, 0.6) is 5.75 Å². The van der Waals surface area contributed by atoms with Crippen molar-refractivity contribution in [3.05, 3.63) is 63.6 Å². The van der Waals surface area contributed by atoms with Crippen LogP contribution in [0.2, 0.25) is 10.0 Å². The second kappa shape index (κ2) is 9.64. The smallest absolute Gasteiger partial charge is 0.407 e. The van der Waals surface area contributed by atoms with Gasteiger partial charge in [0.25, 0.3) is 0 Å². The normalized spacial score (nSPS) is 13.1. The highest BCUT2D eigenvalue weighted by atomic mass is 35.5. The van der Waals surface area contributed by atoms with Gasteiger partial charge in [-0.15, -0.1) is 0 Å². The molecule has 0 aliphatic carbocycles. The summed E-state index contributed by atoms with van der Waals surface area (Å²) >= 11 is 11.7. The number of carbonyl (C=O) groups excluding carboxylic acids is 1. The summed E-state index contributed by atoms with van der Waals surface area (Å²) in [5.74, 6) is -0.218. The van der Waals surface area contributed by atoms with Crippen LogP contribution in [0.15, 0.2) is 42.5 Å². The zero-order valence-corrected chi connectivity index (χ0v) is 15.2. The van der Waals surface area contributed by atoms with Crippen LogP contribution in [0.3, 0.4) is 0 Å². The minimum absolute atomic E-state index is 0.0123. The van der Waals surface area contributed by atoms with Gasteiger partial charge in [0, 0.05) is 18.2 Å². The molecule has 4 N–H and O–H groups in total. The lowest BCUT2D eigenvalue weighted by atomic mass is 10.0. The van der Waals surface area contributed by atoms with Gasteiger partial charge in [-0.3, -0.25) is 0 Å². The Balaban J connectivity index is 1.78. The Hall–Kier alpha value is -1.99. The van der Waals surface area contributed by atoms with Gasteiger partial charge in [-0.25, -0.2) is 4.79 Å². The highest BCUT2D eigenvalue weighted by molar-refractivity contribution is 6.34. The Labute approximate surface area is 160 Å². The van der Waals surface area contributed by atoms with Crippen LogP contribution >= 0.6 is 23.2 Å². The fourth-order valence-electron chi connectivity index (χ4n) is 2.24. The molecule has 26 heavy (non-hydrogen) atoms. The number of benzene rings is 2. The average molecular weight is 400 g/mol. The van der Waals surface area contributed by atoms with Crippen molar-refractivity contribution < 1.29 is 24.9 Å². The molecule has 0 aliphatic heterocycles. The molecular formula is C18H19Cl2NO5. The molecule has 140 valence electrons. The number of aliphatic hydroxyl groups is 2. The standard InChI is InChI=1S/C18H19Cl2NO5/c19-13-9-16(23)14(20)8-12(13)17(24)15(22)6-7-21-18(25)26-10-11-4-2-1-3-5-11/h1-5,8-9,15,17,22-24H,6-7,10H2,(H,21,25). The summed E-state index contributed by atoms with van der Waals surface area (Å²) in [5, 5.41) is 32.3. The van der Waals surface area contributed by atoms with Crippen LogP contribution in [-0.2, 0) is 11.3 Å². The molecule has 0 bridgehead atoms.